The number of nitrogens with zero attached hydrogens (tertiary/aromatic N) is 5. The predicted molar refractivity (Wildman–Crippen MR) is 261 cm³/mol. The van der Waals surface area contributed by atoms with E-state index >= 15 is 0 Å². The molecule has 14 atom stereocenters. The number of ether oxygens (including phenoxy) is 5. The molecule has 2 aromatic carbocycles. The van der Waals surface area contributed by atoms with Crippen molar-refractivity contribution in [3.8, 4) is 11.3 Å². The zero-order chi connectivity index (χ0) is 51.7. The average Bonchev–Trinajstić information content (AvgIpc) is 3.91. The lowest BCUT2D eigenvalue weighted by atomic mass is 9.78. The van der Waals surface area contributed by atoms with Gasteiger partial charge in [-0.3, -0.25) is 19.2 Å². The third-order valence-corrected chi connectivity index (χ3v) is 14.5. The van der Waals surface area contributed by atoms with Crippen LogP contribution in [0.2, 0.25) is 0 Å². The Kier molecular flexibility index (Phi) is 19.5. The van der Waals surface area contributed by atoms with Gasteiger partial charge in [0, 0.05) is 43.4 Å². The summed E-state index contributed by atoms with van der Waals surface area (Å²) in [7, 11) is 4.81. The smallest absolute Gasteiger partial charge is 0.410 e. The molecule has 3 unspecified atom stereocenters. The van der Waals surface area contributed by atoms with Crippen LogP contribution in [-0.2, 0) is 39.8 Å². The first-order chi connectivity index (χ1) is 33.1. The summed E-state index contributed by atoms with van der Waals surface area (Å²) in [5, 5.41) is 45.4. The van der Waals surface area contributed by atoms with E-state index in [0.717, 1.165) is 24.1 Å². The highest BCUT2D eigenvalue weighted by atomic mass is 16.7. The first-order valence-corrected chi connectivity index (χ1v) is 24.4. The molecule has 0 aliphatic carbocycles. The lowest BCUT2D eigenvalue weighted by molar-refractivity contribution is -0.319. The normalized spacial score (nSPS) is 26.1. The molecule has 1 aromatic heterocycles. The van der Waals surface area contributed by atoms with E-state index in [0.29, 0.717) is 37.3 Å². The number of benzene rings is 2. The van der Waals surface area contributed by atoms with Gasteiger partial charge in [0.05, 0.1) is 35.5 Å². The number of aromatic nitrogens is 3. The van der Waals surface area contributed by atoms with Crippen molar-refractivity contribution in [1.29, 1.82) is 0 Å². The molecule has 3 heterocycles. The summed E-state index contributed by atoms with van der Waals surface area (Å²) in [6.07, 6.45) is -2.61. The van der Waals surface area contributed by atoms with Gasteiger partial charge >= 0.3 is 18.0 Å². The Morgan fingerprint density at radius 1 is 1.01 bits per heavy atom. The molecule has 2 saturated heterocycles. The van der Waals surface area contributed by atoms with E-state index < -0.39 is 77.5 Å². The highest BCUT2D eigenvalue weighted by molar-refractivity contribution is 5.99. The van der Waals surface area contributed by atoms with E-state index in [-0.39, 0.29) is 43.0 Å². The zero-order valence-corrected chi connectivity index (χ0v) is 42.7. The molecule has 0 bridgehead atoms. The number of hydrogen-bond acceptors (Lipinski definition) is 16. The van der Waals surface area contributed by atoms with Crippen LogP contribution >= 0.6 is 0 Å². The monoisotopic (exact) mass is 980 g/mol. The number of anilines is 1. The molecular formula is C51H77N7O12. The van der Waals surface area contributed by atoms with Crippen LogP contribution in [0.15, 0.2) is 60.8 Å². The highest BCUT2D eigenvalue weighted by Gasteiger charge is 2.56. The van der Waals surface area contributed by atoms with Crippen LogP contribution in [0.1, 0.15) is 91.4 Å². The number of methoxy groups -OCH3 is 1. The van der Waals surface area contributed by atoms with Crippen molar-refractivity contribution in [3.63, 3.8) is 0 Å². The second kappa shape index (κ2) is 24.4. The van der Waals surface area contributed by atoms with Crippen LogP contribution in [0.4, 0.5) is 10.5 Å². The topological polar surface area (TPSA) is 250 Å². The van der Waals surface area contributed by atoms with Crippen molar-refractivity contribution in [2.24, 2.45) is 23.7 Å². The number of nitrogen functional groups attached to an aromatic ring is 1. The van der Waals surface area contributed by atoms with Crippen molar-refractivity contribution < 1.29 is 58.2 Å². The van der Waals surface area contributed by atoms with E-state index in [1.807, 2.05) is 56.1 Å². The maximum Gasteiger partial charge on any atom is 0.410 e. The number of carbonyl (C=O) groups is 4. The number of hydrogen-bond donors (Lipinski definition) is 5. The molecule has 19 nitrogen and oxygen atoms in total. The number of esters is 1. The van der Waals surface area contributed by atoms with Gasteiger partial charge in [0.15, 0.2) is 12.1 Å². The number of nitrogens with one attached hydrogen (secondary N) is 1. The number of likely N-dealkylation sites (N-methyl/N-ethyl adjacent to an activating group) is 1. The Balaban J connectivity index is 1.31. The zero-order valence-electron chi connectivity index (χ0n) is 42.7. The Morgan fingerprint density at radius 2 is 1.70 bits per heavy atom. The van der Waals surface area contributed by atoms with Crippen molar-refractivity contribution in [1.82, 2.24) is 30.1 Å². The molecule has 388 valence electrons. The van der Waals surface area contributed by atoms with Crippen molar-refractivity contribution in [2.45, 2.75) is 148 Å². The van der Waals surface area contributed by atoms with Crippen molar-refractivity contribution in [2.75, 3.05) is 46.6 Å². The van der Waals surface area contributed by atoms with Gasteiger partial charge in [0.1, 0.15) is 42.1 Å². The number of rotatable bonds is 26. The van der Waals surface area contributed by atoms with E-state index in [9.17, 15) is 34.5 Å². The Hall–Kier alpha value is -5.02. The molecule has 2 aliphatic rings. The largest absolute Gasteiger partial charge is 0.481 e. The number of unbranched alkanes of at least 4 members (excludes halogenated alkanes) is 1. The standard InChI is InChI=1S/C51H77N7O12/c1-12-31(3)51(8)44(58(49(65)70-51)24-17-16-23-57-28-38(54-55-57)36-21-18-22-37(52)25-36)34(6)53-27-30(2)26-50(7,66-11)45(32(4)41(59)33(5)46(62)63)69-48-43(61)40(56(9)10)42(60)39(68-48)29-67-47(64)35-19-14-13-15-20-35/h13-15,18-22,25,28,30-34,39-40,42-45,48,53,60-61H,12,16-17,23-24,26-27,29,52H2,1-11H3,(H,62,63)/t30-,31-,32+,33-,34-,39?,40?,42-,43?,44-,45-,48+,50-,51-/m1/s1. The number of aliphatic carboxylic acids is 1. The molecule has 5 rings (SSSR count). The summed E-state index contributed by atoms with van der Waals surface area (Å²) in [6.45, 7) is 16.0. The molecule has 6 N–H and O–H groups in total. The summed E-state index contributed by atoms with van der Waals surface area (Å²) >= 11 is 0. The summed E-state index contributed by atoms with van der Waals surface area (Å²) in [5.41, 5.74) is 6.43. The SMILES string of the molecule is CC[C@@H](C)[C@@]1(C)OC(=O)N(CCCCn2cc(-c3cccc(N)c3)nn2)[C@@H]1[C@@H](C)NC[C@H](C)C[C@@](C)(OC)[C@H](O[C@@H]1OC(COC(=O)c2ccccc2)[C@@H](O)C(N(C)C)C1O)[C@@H](C)C(=O)[C@@H](C)C(=O)O. The Bertz CT molecular complexity index is 2200. The molecule has 1 amide bonds. The molecule has 0 saturated carbocycles. The maximum atomic E-state index is 13.9. The number of carboxylic acid groups (broad SMARTS) is 1. The number of cyclic esters (lactones) is 1. The van der Waals surface area contributed by atoms with Crippen LogP contribution in [-0.4, -0.2) is 165 Å². The van der Waals surface area contributed by atoms with Crippen LogP contribution in [0.3, 0.4) is 0 Å². The summed E-state index contributed by atoms with van der Waals surface area (Å²) < 4.78 is 32.6. The van der Waals surface area contributed by atoms with Gasteiger partial charge in [-0.15, -0.1) is 5.10 Å². The highest BCUT2D eigenvalue weighted by Crippen LogP contribution is 2.40. The van der Waals surface area contributed by atoms with Gasteiger partial charge in [-0.1, -0.05) is 63.2 Å². The summed E-state index contributed by atoms with van der Waals surface area (Å²) in [5.74, 6) is -5.19. The van der Waals surface area contributed by atoms with Gasteiger partial charge in [-0.05, 0) is 110 Å². The summed E-state index contributed by atoms with van der Waals surface area (Å²) in [6, 6.07) is 14.3. The number of aryl methyl sites for hydroxylation is 1. The third kappa shape index (κ3) is 13.1. The number of amides is 1. The van der Waals surface area contributed by atoms with Gasteiger partial charge in [-0.25, -0.2) is 9.59 Å². The van der Waals surface area contributed by atoms with Gasteiger partial charge in [-0.2, -0.15) is 0 Å². The van der Waals surface area contributed by atoms with E-state index in [4.69, 9.17) is 29.4 Å². The summed E-state index contributed by atoms with van der Waals surface area (Å²) in [4.78, 5) is 56.1. The lowest BCUT2D eigenvalue weighted by Gasteiger charge is -2.48. The van der Waals surface area contributed by atoms with Crippen LogP contribution in [0.25, 0.3) is 11.3 Å². The molecule has 19 heteroatoms. The Morgan fingerprint density at radius 3 is 2.33 bits per heavy atom. The first-order valence-electron chi connectivity index (χ1n) is 24.4. The minimum absolute atomic E-state index is 0.0386. The maximum absolute atomic E-state index is 13.9. The van der Waals surface area contributed by atoms with Crippen molar-refractivity contribution in [3.05, 3.63) is 66.4 Å². The molecular weight excluding hydrogens is 903 g/mol. The third-order valence-electron chi connectivity index (χ3n) is 14.5. The molecule has 2 aliphatic heterocycles. The fourth-order valence-corrected chi connectivity index (χ4v) is 10.1. The molecule has 0 spiro atoms. The average molecular weight is 980 g/mol. The number of ketones is 1. The minimum Gasteiger partial charge on any atom is -0.481 e. The van der Waals surface area contributed by atoms with Gasteiger partial charge in [0.25, 0.3) is 0 Å². The molecule has 0 radical (unpaired) electrons. The number of nitrogens with two attached hydrogens (primary N) is 1. The number of aliphatic hydroxyl groups is 2. The van der Waals surface area contributed by atoms with Crippen molar-refractivity contribution >= 4 is 29.5 Å². The predicted octanol–water partition coefficient (Wildman–Crippen LogP) is 4.89. The fourth-order valence-electron chi connectivity index (χ4n) is 10.1. The molecule has 3 aromatic rings. The van der Waals surface area contributed by atoms with Crippen LogP contribution in [0, 0.1) is 23.7 Å². The number of aliphatic hydroxyl groups excluding tert-OH is 2. The lowest BCUT2D eigenvalue weighted by Crippen LogP contribution is -2.65. The quantitative estimate of drug-likeness (QED) is 0.0311. The molecule has 2 fully saturated rings. The van der Waals surface area contributed by atoms with Crippen LogP contribution in [0.5, 0.6) is 0 Å². The second-order valence-electron chi connectivity index (χ2n) is 20.0. The number of carboxylic acids is 1. The van der Waals surface area contributed by atoms with E-state index in [1.165, 1.54) is 14.0 Å². The first kappa shape index (κ1) is 55.9. The molecule has 70 heavy (non-hydrogen) atoms. The number of Topliss-reactive ketones (excluding diaryl/α,β-unsaturated/α-hetero) is 1. The number of carbonyl (C=O) groups excluding carboxylic acids is 3. The fraction of sp³-hybridized carbons (Fsp3) is 0.647. The van der Waals surface area contributed by atoms with Gasteiger partial charge in [0.2, 0.25) is 0 Å². The van der Waals surface area contributed by atoms with Gasteiger partial charge < -0.3 is 55.0 Å². The second-order valence-corrected chi connectivity index (χ2v) is 20.0. The van der Waals surface area contributed by atoms with Crippen LogP contribution < -0.4 is 11.1 Å². The Labute approximate surface area is 412 Å². The minimum atomic E-state index is -1.48. The van der Waals surface area contributed by atoms with E-state index in [2.05, 4.69) is 29.5 Å². The van der Waals surface area contributed by atoms with E-state index in [1.54, 1.807) is 67.9 Å².